The molecular formula is C15H13F3N2O4S. The topological polar surface area (TPSA) is 88.4 Å². The number of amides is 1. The molecule has 0 fully saturated rings. The first-order valence-electron chi connectivity index (χ1n) is 6.85. The lowest BCUT2D eigenvalue weighted by Gasteiger charge is -2.10. The van der Waals surface area contributed by atoms with Gasteiger partial charge in [0.2, 0.25) is 15.9 Å². The third kappa shape index (κ3) is 6.08. The molecule has 0 saturated carbocycles. The Bertz CT molecular complexity index is 842. The summed E-state index contributed by atoms with van der Waals surface area (Å²) >= 11 is 0. The highest BCUT2D eigenvalue weighted by atomic mass is 32.2. The lowest BCUT2D eigenvalue weighted by Crippen LogP contribution is -2.33. The molecule has 1 amide bonds. The fourth-order valence-electron chi connectivity index (χ4n) is 1.71. The van der Waals surface area contributed by atoms with E-state index in [1.165, 1.54) is 35.3 Å². The Balaban J connectivity index is 1.98. The van der Waals surface area contributed by atoms with E-state index in [1.54, 1.807) is 12.1 Å². The van der Waals surface area contributed by atoms with Crippen molar-refractivity contribution in [3.8, 4) is 0 Å². The summed E-state index contributed by atoms with van der Waals surface area (Å²) < 4.78 is 66.2. The molecule has 1 heterocycles. The Morgan fingerprint density at radius 2 is 1.84 bits per heavy atom. The van der Waals surface area contributed by atoms with E-state index < -0.39 is 28.7 Å². The van der Waals surface area contributed by atoms with E-state index in [0.29, 0.717) is 5.76 Å². The van der Waals surface area contributed by atoms with Gasteiger partial charge in [-0.15, -0.1) is 0 Å². The fraction of sp³-hybridized carbons (Fsp3) is 0.133. The molecule has 0 spiro atoms. The zero-order chi connectivity index (χ0) is 18.5. The second-order valence-electron chi connectivity index (χ2n) is 4.80. The van der Waals surface area contributed by atoms with Crippen LogP contribution in [0.2, 0.25) is 0 Å². The fourth-order valence-corrected chi connectivity index (χ4v) is 2.72. The number of alkyl halides is 3. The number of hydrogen-bond donors (Lipinski definition) is 2. The van der Waals surface area contributed by atoms with Crippen LogP contribution in [-0.2, 0) is 14.8 Å². The molecule has 2 aromatic rings. The summed E-state index contributed by atoms with van der Waals surface area (Å²) in [7, 11) is -4.29. The number of carbonyl (C=O) groups is 1. The van der Waals surface area contributed by atoms with Gasteiger partial charge in [0.15, 0.2) is 0 Å². The number of rotatable bonds is 6. The summed E-state index contributed by atoms with van der Waals surface area (Å²) in [5.74, 6) is -0.00506. The first-order valence-corrected chi connectivity index (χ1v) is 8.33. The highest BCUT2D eigenvalue weighted by Gasteiger charge is 2.29. The summed E-state index contributed by atoms with van der Waals surface area (Å²) in [6.07, 6.45) is -0.547. The predicted molar refractivity (Wildman–Crippen MR) is 84.1 cm³/mol. The molecule has 0 unspecified atom stereocenters. The maximum atomic E-state index is 12.1. The van der Waals surface area contributed by atoms with Crippen LogP contribution in [-0.4, -0.2) is 27.0 Å². The van der Waals surface area contributed by atoms with Crippen molar-refractivity contribution in [1.82, 2.24) is 4.72 Å². The first-order chi connectivity index (χ1) is 11.7. The van der Waals surface area contributed by atoms with Gasteiger partial charge in [0.1, 0.15) is 12.3 Å². The van der Waals surface area contributed by atoms with Crippen molar-refractivity contribution in [2.45, 2.75) is 11.1 Å². The number of furan rings is 1. The predicted octanol–water partition coefficient (Wildman–Crippen LogP) is 2.77. The highest BCUT2D eigenvalue weighted by molar-refractivity contribution is 7.89. The largest absolute Gasteiger partial charge is 0.465 e. The third-order valence-electron chi connectivity index (χ3n) is 2.84. The quantitative estimate of drug-likeness (QED) is 0.761. The Morgan fingerprint density at radius 1 is 1.16 bits per heavy atom. The molecule has 0 aliphatic carbocycles. The summed E-state index contributed by atoms with van der Waals surface area (Å²) in [4.78, 5) is 11.4. The van der Waals surface area contributed by atoms with E-state index in [4.69, 9.17) is 4.42 Å². The summed E-state index contributed by atoms with van der Waals surface area (Å²) in [6.45, 7) is -1.66. The molecule has 0 saturated heterocycles. The zero-order valence-electron chi connectivity index (χ0n) is 12.6. The average molecular weight is 374 g/mol. The van der Waals surface area contributed by atoms with Crippen molar-refractivity contribution >= 4 is 27.7 Å². The standard InChI is InChI=1S/C15H13F3N2O4S/c16-15(17,18)10-19-25(22,23)13-6-3-11(4-7-13)20-14(21)8-5-12-2-1-9-24-12/h1-9,19H,10H2,(H,20,21). The van der Waals surface area contributed by atoms with Crippen molar-refractivity contribution in [2.75, 3.05) is 11.9 Å². The van der Waals surface area contributed by atoms with Gasteiger partial charge in [0, 0.05) is 11.8 Å². The molecule has 2 N–H and O–H groups in total. The molecule has 2 rings (SSSR count). The van der Waals surface area contributed by atoms with E-state index in [1.807, 2.05) is 0 Å². The molecule has 1 aromatic heterocycles. The minimum absolute atomic E-state index is 0.281. The summed E-state index contributed by atoms with van der Waals surface area (Å²) in [5, 5.41) is 2.48. The van der Waals surface area contributed by atoms with Gasteiger partial charge in [-0.2, -0.15) is 13.2 Å². The van der Waals surface area contributed by atoms with Gasteiger partial charge in [0.25, 0.3) is 0 Å². The van der Waals surface area contributed by atoms with Gasteiger partial charge in [0.05, 0.1) is 11.2 Å². The van der Waals surface area contributed by atoms with Crippen molar-refractivity contribution in [1.29, 1.82) is 0 Å². The van der Waals surface area contributed by atoms with Crippen LogP contribution in [0.1, 0.15) is 5.76 Å². The lowest BCUT2D eigenvalue weighted by atomic mass is 10.3. The molecular weight excluding hydrogens is 361 g/mol. The molecule has 0 aliphatic heterocycles. The highest BCUT2D eigenvalue weighted by Crippen LogP contribution is 2.17. The maximum Gasteiger partial charge on any atom is 0.402 e. The van der Waals surface area contributed by atoms with Crippen LogP contribution in [0.4, 0.5) is 18.9 Å². The van der Waals surface area contributed by atoms with Crippen molar-refractivity contribution in [2.24, 2.45) is 0 Å². The second-order valence-corrected chi connectivity index (χ2v) is 6.57. The minimum Gasteiger partial charge on any atom is -0.465 e. The Kier molecular flexibility index (Phi) is 5.65. The van der Waals surface area contributed by atoms with Crippen LogP contribution in [0, 0.1) is 0 Å². The zero-order valence-corrected chi connectivity index (χ0v) is 13.4. The van der Waals surface area contributed by atoms with E-state index >= 15 is 0 Å². The number of halogens is 3. The smallest absolute Gasteiger partial charge is 0.402 e. The number of nitrogens with one attached hydrogen (secondary N) is 2. The van der Waals surface area contributed by atoms with E-state index in [9.17, 15) is 26.4 Å². The van der Waals surface area contributed by atoms with Gasteiger partial charge in [-0.3, -0.25) is 4.79 Å². The van der Waals surface area contributed by atoms with Crippen LogP contribution in [0.3, 0.4) is 0 Å². The van der Waals surface area contributed by atoms with Gasteiger partial charge < -0.3 is 9.73 Å². The van der Waals surface area contributed by atoms with Crippen LogP contribution >= 0.6 is 0 Å². The second kappa shape index (κ2) is 7.53. The molecule has 0 bridgehead atoms. The summed E-state index contributed by atoms with van der Waals surface area (Å²) in [6, 6.07) is 8.01. The molecule has 1 aromatic carbocycles. The van der Waals surface area contributed by atoms with Gasteiger partial charge in [-0.1, -0.05) is 0 Å². The van der Waals surface area contributed by atoms with Crippen LogP contribution in [0.5, 0.6) is 0 Å². The Hall–Kier alpha value is -2.59. The van der Waals surface area contributed by atoms with E-state index in [2.05, 4.69) is 5.32 Å². The number of benzene rings is 1. The molecule has 10 heteroatoms. The number of sulfonamides is 1. The maximum absolute atomic E-state index is 12.1. The van der Waals surface area contributed by atoms with E-state index in [-0.39, 0.29) is 10.6 Å². The first kappa shape index (κ1) is 18.7. The van der Waals surface area contributed by atoms with Crippen LogP contribution < -0.4 is 10.0 Å². The molecule has 0 radical (unpaired) electrons. The van der Waals surface area contributed by atoms with Crippen LogP contribution in [0.15, 0.2) is 58.1 Å². The minimum atomic E-state index is -4.65. The monoisotopic (exact) mass is 374 g/mol. The van der Waals surface area contributed by atoms with Crippen molar-refractivity contribution in [3.05, 3.63) is 54.5 Å². The van der Waals surface area contributed by atoms with Crippen molar-refractivity contribution in [3.63, 3.8) is 0 Å². The third-order valence-corrected chi connectivity index (χ3v) is 4.25. The molecule has 6 nitrogen and oxygen atoms in total. The van der Waals surface area contributed by atoms with E-state index in [0.717, 1.165) is 12.1 Å². The summed E-state index contributed by atoms with van der Waals surface area (Å²) in [5.41, 5.74) is 0.281. The number of anilines is 1. The average Bonchev–Trinajstić information content (AvgIpc) is 3.05. The van der Waals surface area contributed by atoms with Gasteiger partial charge in [-0.25, -0.2) is 13.1 Å². The lowest BCUT2D eigenvalue weighted by molar-refractivity contribution is -0.121. The van der Waals surface area contributed by atoms with Gasteiger partial charge >= 0.3 is 6.18 Å². The van der Waals surface area contributed by atoms with Crippen molar-refractivity contribution < 1.29 is 30.8 Å². The molecule has 0 atom stereocenters. The van der Waals surface area contributed by atoms with Gasteiger partial charge in [-0.05, 0) is 42.5 Å². The molecule has 25 heavy (non-hydrogen) atoms. The number of carbonyl (C=O) groups excluding carboxylic acids is 1. The van der Waals surface area contributed by atoms with Crippen LogP contribution in [0.25, 0.3) is 6.08 Å². The number of hydrogen-bond acceptors (Lipinski definition) is 4. The Morgan fingerprint density at radius 3 is 2.40 bits per heavy atom. The normalized spacial score (nSPS) is 12.4. The molecule has 134 valence electrons. The Labute approximate surface area is 141 Å². The molecule has 0 aliphatic rings. The SMILES string of the molecule is O=C(C=Cc1ccco1)Nc1ccc(S(=O)(=O)NCC(F)(F)F)cc1.